The maximum absolute atomic E-state index is 12.4. The van der Waals surface area contributed by atoms with Gasteiger partial charge in [-0.1, -0.05) is 30.8 Å². The summed E-state index contributed by atoms with van der Waals surface area (Å²) in [5.74, 6) is 0.259. The molecule has 3 N–H and O–H groups in total. The Kier molecular flexibility index (Phi) is 5.58. The lowest BCUT2D eigenvalue weighted by Gasteiger charge is -2.15. The van der Waals surface area contributed by atoms with E-state index in [0.717, 1.165) is 11.8 Å². The van der Waals surface area contributed by atoms with Crippen LogP contribution in [0.4, 0.5) is 5.69 Å². The Morgan fingerprint density at radius 1 is 1.39 bits per heavy atom. The topological polar surface area (TPSA) is 117 Å². The fraction of sp³-hybridized carbons (Fsp3) is 0.286. The van der Waals surface area contributed by atoms with E-state index in [1.807, 2.05) is 6.92 Å². The monoisotopic (exact) mass is 336 g/mol. The highest BCUT2D eigenvalue weighted by Crippen LogP contribution is 2.26. The molecule has 0 saturated carbocycles. The molecule has 0 saturated heterocycles. The number of H-pyrrole nitrogens is 2. The summed E-state index contributed by atoms with van der Waals surface area (Å²) in [7, 11) is 1.51. The summed E-state index contributed by atoms with van der Waals surface area (Å²) in [5, 5.41) is 8.07. The molecule has 0 aliphatic heterocycles. The molecule has 0 fully saturated rings. The summed E-state index contributed by atoms with van der Waals surface area (Å²) >= 11 is 0.987. The molecule has 2 aromatic rings. The number of rotatable bonds is 6. The van der Waals surface area contributed by atoms with Crippen molar-refractivity contribution in [1.29, 1.82) is 0 Å². The van der Waals surface area contributed by atoms with Crippen LogP contribution in [-0.4, -0.2) is 33.4 Å². The van der Waals surface area contributed by atoms with Crippen molar-refractivity contribution in [2.75, 3.05) is 12.4 Å². The van der Waals surface area contributed by atoms with Crippen molar-refractivity contribution in [2.45, 2.75) is 23.6 Å². The van der Waals surface area contributed by atoms with Crippen LogP contribution in [0, 0.1) is 0 Å². The number of para-hydroxylation sites is 2. The summed E-state index contributed by atoms with van der Waals surface area (Å²) in [5.41, 5.74) is -0.768. The molecule has 1 aromatic carbocycles. The first kappa shape index (κ1) is 16.8. The van der Waals surface area contributed by atoms with E-state index >= 15 is 0 Å². The molecule has 0 radical (unpaired) electrons. The van der Waals surface area contributed by atoms with E-state index in [1.54, 1.807) is 24.3 Å². The van der Waals surface area contributed by atoms with Gasteiger partial charge in [-0.3, -0.25) is 14.6 Å². The molecule has 1 heterocycles. The zero-order valence-corrected chi connectivity index (χ0v) is 13.4. The van der Waals surface area contributed by atoms with Gasteiger partial charge in [-0.2, -0.15) is 5.10 Å². The quantitative estimate of drug-likeness (QED) is 0.677. The number of benzene rings is 1. The van der Waals surface area contributed by atoms with E-state index < -0.39 is 16.5 Å². The van der Waals surface area contributed by atoms with Crippen molar-refractivity contribution < 1.29 is 9.53 Å². The second-order valence-electron chi connectivity index (χ2n) is 4.52. The number of nitrogens with one attached hydrogen (secondary N) is 3. The second-order valence-corrected chi connectivity index (χ2v) is 5.71. The van der Waals surface area contributed by atoms with E-state index in [9.17, 15) is 14.4 Å². The Bertz CT molecular complexity index is 802. The van der Waals surface area contributed by atoms with Crippen molar-refractivity contribution in [3.63, 3.8) is 0 Å². The fourth-order valence-electron chi connectivity index (χ4n) is 1.83. The smallest absolute Gasteiger partial charge is 0.342 e. The Hall–Kier alpha value is -2.55. The second kappa shape index (κ2) is 7.63. The van der Waals surface area contributed by atoms with Gasteiger partial charge < -0.3 is 10.1 Å². The van der Waals surface area contributed by atoms with Crippen LogP contribution in [0.25, 0.3) is 0 Å². The standard InChI is InChI=1S/C14H16N4O4S/c1-3-10(23-13-12(20)16-14(21)18-17-13)11(19)15-8-6-4-5-7-9(8)22-2/h4-7,10H,3H2,1-2H3,(H,15,19)(H2,16,18,20,21). The van der Waals surface area contributed by atoms with Crippen molar-refractivity contribution >= 4 is 23.4 Å². The first-order chi connectivity index (χ1) is 11.0. The molecule has 0 aliphatic carbocycles. The van der Waals surface area contributed by atoms with Crippen molar-refractivity contribution in [1.82, 2.24) is 15.2 Å². The van der Waals surface area contributed by atoms with Crippen LogP contribution in [0.1, 0.15) is 13.3 Å². The number of aromatic amines is 2. The molecule has 0 aliphatic rings. The van der Waals surface area contributed by atoms with E-state index in [2.05, 4.69) is 20.5 Å². The van der Waals surface area contributed by atoms with E-state index in [4.69, 9.17) is 4.74 Å². The van der Waals surface area contributed by atoms with E-state index in [0.29, 0.717) is 17.9 Å². The van der Waals surface area contributed by atoms with Gasteiger partial charge in [0, 0.05) is 0 Å². The number of amides is 1. The van der Waals surface area contributed by atoms with Crippen molar-refractivity contribution in [3.05, 3.63) is 45.1 Å². The Balaban J connectivity index is 2.15. The number of anilines is 1. The molecule has 8 nitrogen and oxygen atoms in total. The molecule has 9 heteroatoms. The van der Waals surface area contributed by atoms with Gasteiger partial charge in [0.15, 0.2) is 5.03 Å². The van der Waals surface area contributed by atoms with E-state index in [1.165, 1.54) is 7.11 Å². The summed E-state index contributed by atoms with van der Waals surface area (Å²) in [6, 6.07) is 7.03. The SMILES string of the molecule is CCC(Sc1n[nH]c(=O)[nH]c1=O)C(=O)Nc1ccccc1OC. The number of thioether (sulfide) groups is 1. The van der Waals surface area contributed by atoms with Gasteiger partial charge in [0.25, 0.3) is 5.56 Å². The number of nitrogens with zero attached hydrogens (tertiary/aromatic N) is 1. The number of carbonyl (C=O) groups excluding carboxylic acids is 1. The maximum atomic E-state index is 12.4. The fourth-order valence-corrected chi connectivity index (χ4v) is 2.69. The molecule has 1 aromatic heterocycles. The molecule has 1 unspecified atom stereocenters. The minimum absolute atomic E-state index is 0.0339. The molecule has 1 atom stereocenters. The third kappa shape index (κ3) is 4.22. The van der Waals surface area contributed by atoms with Crippen LogP contribution in [0.15, 0.2) is 38.9 Å². The van der Waals surface area contributed by atoms with Crippen LogP contribution in [0.2, 0.25) is 0 Å². The van der Waals surface area contributed by atoms with Gasteiger partial charge in [-0.15, -0.1) is 0 Å². The lowest BCUT2D eigenvalue weighted by molar-refractivity contribution is -0.115. The third-order valence-electron chi connectivity index (χ3n) is 2.96. The highest BCUT2D eigenvalue weighted by Gasteiger charge is 2.21. The molecule has 23 heavy (non-hydrogen) atoms. The van der Waals surface area contributed by atoms with Crippen LogP contribution >= 0.6 is 11.8 Å². The lowest BCUT2D eigenvalue weighted by atomic mass is 10.2. The number of methoxy groups -OCH3 is 1. The molecular formula is C14H16N4O4S. The Morgan fingerprint density at radius 2 is 2.13 bits per heavy atom. The summed E-state index contributed by atoms with van der Waals surface area (Å²) in [6.45, 7) is 1.82. The van der Waals surface area contributed by atoms with Gasteiger partial charge in [0.2, 0.25) is 5.91 Å². The normalized spacial score (nSPS) is 11.7. The number of aromatic nitrogens is 3. The lowest BCUT2D eigenvalue weighted by Crippen LogP contribution is -2.29. The summed E-state index contributed by atoms with van der Waals surface area (Å²) in [4.78, 5) is 37.1. The minimum Gasteiger partial charge on any atom is -0.495 e. The molecule has 1 amide bonds. The van der Waals surface area contributed by atoms with Crippen LogP contribution in [0.5, 0.6) is 5.75 Å². The van der Waals surface area contributed by atoms with Gasteiger partial charge in [0.05, 0.1) is 18.0 Å². The molecular weight excluding hydrogens is 320 g/mol. The predicted octanol–water partition coefficient (Wildman–Crippen LogP) is 0.976. The zero-order valence-electron chi connectivity index (χ0n) is 12.6. The van der Waals surface area contributed by atoms with Crippen LogP contribution in [0.3, 0.4) is 0 Å². The van der Waals surface area contributed by atoms with Gasteiger partial charge in [0.1, 0.15) is 5.75 Å². The van der Waals surface area contributed by atoms with Gasteiger partial charge >= 0.3 is 5.69 Å². The van der Waals surface area contributed by atoms with Crippen molar-refractivity contribution in [3.8, 4) is 5.75 Å². The third-order valence-corrected chi connectivity index (χ3v) is 4.29. The van der Waals surface area contributed by atoms with Gasteiger partial charge in [-0.25, -0.2) is 9.89 Å². The zero-order chi connectivity index (χ0) is 16.8. The summed E-state index contributed by atoms with van der Waals surface area (Å²) < 4.78 is 5.18. The Labute approximate surface area is 135 Å². The average Bonchev–Trinajstić information content (AvgIpc) is 2.54. The van der Waals surface area contributed by atoms with Crippen LogP contribution < -0.4 is 21.3 Å². The van der Waals surface area contributed by atoms with E-state index in [-0.39, 0.29) is 10.9 Å². The maximum Gasteiger partial charge on any atom is 0.342 e. The largest absolute Gasteiger partial charge is 0.495 e. The molecule has 0 bridgehead atoms. The highest BCUT2D eigenvalue weighted by atomic mass is 32.2. The first-order valence-corrected chi connectivity index (χ1v) is 7.72. The Morgan fingerprint density at radius 3 is 2.78 bits per heavy atom. The van der Waals surface area contributed by atoms with Crippen molar-refractivity contribution in [2.24, 2.45) is 0 Å². The predicted molar refractivity (Wildman–Crippen MR) is 87.0 cm³/mol. The van der Waals surface area contributed by atoms with Crippen LogP contribution in [-0.2, 0) is 4.79 Å². The number of hydrogen-bond acceptors (Lipinski definition) is 6. The molecule has 2 rings (SSSR count). The molecule has 122 valence electrons. The molecule has 0 spiro atoms. The average molecular weight is 336 g/mol. The van der Waals surface area contributed by atoms with Gasteiger partial charge in [-0.05, 0) is 18.6 Å². The first-order valence-electron chi connectivity index (χ1n) is 6.84. The summed E-state index contributed by atoms with van der Waals surface area (Å²) in [6.07, 6.45) is 0.478. The number of carbonyl (C=O) groups is 1. The minimum atomic E-state index is -0.689. The number of hydrogen-bond donors (Lipinski definition) is 3. The number of ether oxygens (including phenoxy) is 1. The highest BCUT2D eigenvalue weighted by molar-refractivity contribution is 8.00.